The molecule has 3 N–H and O–H groups in total. The van der Waals surface area contributed by atoms with Crippen molar-refractivity contribution in [2.75, 3.05) is 25.5 Å². The lowest BCUT2D eigenvalue weighted by Crippen LogP contribution is -2.22. The molecule has 0 aliphatic carbocycles. The van der Waals surface area contributed by atoms with E-state index in [-0.39, 0.29) is 29.0 Å². The van der Waals surface area contributed by atoms with Gasteiger partial charge >= 0.3 is 6.18 Å². The maximum atomic E-state index is 12.6. The van der Waals surface area contributed by atoms with E-state index in [0.717, 1.165) is 6.20 Å². The highest BCUT2D eigenvalue weighted by molar-refractivity contribution is 5.90. The van der Waals surface area contributed by atoms with Crippen molar-refractivity contribution in [2.24, 2.45) is 11.7 Å². The van der Waals surface area contributed by atoms with Gasteiger partial charge < -0.3 is 16.0 Å². The molecular formula is C20H18F3N5O2. The maximum absolute atomic E-state index is 12.6. The molecule has 10 heteroatoms. The smallest absolute Gasteiger partial charge is 0.373 e. The van der Waals surface area contributed by atoms with Crippen molar-refractivity contribution in [1.29, 1.82) is 0 Å². The van der Waals surface area contributed by atoms with Crippen LogP contribution in [0.15, 0.2) is 30.5 Å². The Kier molecular flexibility index (Phi) is 5.91. The summed E-state index contributed by atoms with van der Waals surface area (Å²) in [6.07, 6.45) is -2.73. The second-order valence-electron chi connectivity index (χ2n) is 6.74. The molecule has 156 valence electrons. The second-order valence-corrected chi connectivity index (χ2v) is 6.74. The number of carbonyl (C=O) groups excluding carboxylic acids is 2. The number of hydrogen-bond donors (Lipinski definition) is 2. The molecule has 7 nitrogen and oxygen atoms in total. The van der Waals surface area contributed by atoms with Crippen LogP contribution in [0, 0.1) is 17.8 Å². The molecule has 1 aromatic carbocycles. The number of benzene rings is 1. The lowest BCUT2D eigenvalue weighted by Gasteiger charge is -2.13. The average molecular weight is 417 g/mol. The minimum Gasteiger partial charge on any atom is -0.373 e. The van der Waals surface area contributed by atoms with Crippen LogP contribution in [0.2, 0.25) is 0 Å². The van der Waals surface area contributed by atoms with Crippen molar-refractivity contribution in [3.63, 3.8) is 0 Å². The summed E-state index contributed by atoms with van der Waals surface area (Å²) in [6.45, 7) is -0.653. The van der Waals surface area contributed by atoms with E-state index in [2.05, 4.69) is 27.1 Å². The Morgan fingerprint density at radius 2 is 2.17 bits per heavy atom. The van der Waals surface area contributed by atoms with E-state index >= 15 is 0 Å². The van der Waals surface area contributed by atoms with Crippen LogP contribution in [-0.2, 0) is 4.79 Å². The van der Waals surface area contributed by atoms with Crippen LogP contribution in [0.3, 0.4) is 0 Å². The maximum Gasteiger partial charge on any atom is 0.405 e. The molecule has 0 radical (unpaired) electrons. The summed E-state index contributed by atoms with van der Waals surface area (Å²) in [5.41, 5.74) is 6.26. The van der Waals surface area contributed by atoms with E-state index < -0.39 is 18.6 Å². The lowest BCUT2D eigenvalue weighted by atomic mass is 10.0. The van der Waals surface area contributed by atoms with Crippen molar-refractivity contribution in [1.82, 2.24) is 14.9 Å². The van der Waals surface area contributed by atoms with Crippen molar-refractivity contribution >= 4 is 17.5 Å². The van der Waals surface area contributed by atoms with Crippen LogP contribution in [0.1, 0.15) is 22.6 Å². The normalized spacial score (nSPS) is 16.2. The van der Waals surface area contributed by atoms with Crippen LogP contribution in [0.5, 0.6) is 0 Å². The molecule has 1 fully saturated rings. The number of rotatable bonds is 4. The SMILES string of the molecule is CN1CC[C@@H](C#Cc2cccc(-c3nc(C(N)=O)ncc3NCC(F)(F)F)c2)C1=O. The van der Waals surface area contributed by atoms with Gasteiger partial charge in [0.15, 0.2) is 0 Å². The number of hydrogen-bond acceptors (Lipinski definition) is 5. The number of nitrogens with zero attached hydrogens (tertiary/aromatic N) is 3. The zero-order valence-corrected chi connectivity index (χ0v) is 16.0. The van der Waals surface area contributed by atoms with E-state index in [4.69, 9.17) is 5.73 Å². The molecule has 0 spiro atoms. The van der Waals surface area contributed by atoms with Gasteiger partial charge in [0.05, 0.1) is 17.6 Å². The van der Waals surface area contributed by atoms with Crippen LogP contribution in [0.4, 0.5) is 18.9 Å². The van der Waals surface area contributed by atoms with Crippen molar-refractivity contribution in [3.05, 3.63) is 41.9 Å². The Bertz CT molecular complexity index is 1040. The highest BCUT2D eigenvalue weighted by Gasteiger charge is 2.28. The molecule has 1 saturated heterocycles. The number of likely N-dealkylation sites (tertiary alicyclic amines) is 1. The number of halogens is 3. The predicted octanol–water partition coefficient (Wildman–Crippen LogP) is 2.05. The van der Waals surface area contributed by atoms with Crippen LogP contribution < -0.4 is 11.1 Å². The number of amides is 2. The standard InChI is InChI=1S/C20H18F3N5O2/c1-28-8-7-13(19(28)30)6-5-12-3-2-4-14(9-12)16-15(26-11-20(21,22)23)10-25-18(27-16)17(24)29/h2-4,9-10,13,26H,7-8,11H2,1H3,(H2,24,29)/t13-/m1/s1. The molecule has 0 saturated carbocycles. The Labute approximate surface area is 170 Å². The molecule has 2 aromatic rings. The van der Waals surface area contributed by atoms with E-state index in [9.17, 15) is 22.8 Å². The number of aromatic nitrogens is 2. The topological polar surface area (TPSA) is 101 Å². The van der Waals surface area contributed by atoms with E-state index in [1.807, 2.05) is 0 Å². The van der Waals surface area contributed by atoms with Gasteiger partial charge in [-0.05, 0) is 18.6 Å². The molecule has 1 aliphatic rings. The predicted molar refractivity (Wildman–Crippen MR) is 103 cm³/mol. The van der Waals surface area contributed by atoms with E-state index in [0.29, 0.717) is 24.1 Å². The van der Waals surface area contributed by atoms with Gasteiger partial charge in [-0.2, -0.15) is 13.2 Å². The fraction of sp³-hybridized carbons (Fsp3) is 0.300. The molecule has 1 aliphatic heterocycles. The summed E-state index contributed by atoms with van der Waals surface area (Å²) in [5, 5.41) is 2.24. The van der Waals surface area contributed by atoms with Gasteiger partial charge in [0.1, 0.15) is 12.5 Å². The van der Waals surface area contributed by atoms with Crippen molar-refractivity contribution < 1.29 is 22.8 Å². The number of alkyl halides is 3. The first kappa shape index (κ1) is 21.1. The van der Waals surface area contributed by atoms with Gasteiger partial charge in [0, 0.05) is 24.7 Å². The van der Waals surface area contributed by atoms with Gasteiger partial charge in [0.2, 0.25) is 11.7 Å². The quantitative estimate of drug-likeness (QED) is 0.742. The number of carbonyl (C=O) groups is 2. The van der Waals surface area contributed by atoms with Gasteiger partial charge in [-0.3, -0.25) is 9.59 Å². The zero-order chi connectivity index (χ0) is 21.9. The summed E-state index contributed by atoms with van der Waals surface area (Å²) in [5.74, 6) is 4.21. The van der Waals surface area contributed by atoms with Gasteiger partial charge in [-0.1, -0.05) is 24.0 Å². The Morgan fingerprint density at radius 1 is 1.40 bits per heavy atom. The second kappa shape index (κ2) is 8.41. The molecule has 1 atom stereocenters. The van der Waals surface area contributed by atoms with Gasteiger partial charge in [0.25, 0.3) is 5.91 Å². The molecule has 0 bridgehead atoms. The minimum atomic E-state index is -4.45. The Balaban J connectivity index is 1.94. The number of nitrogens with one attached hydrogen (secondary N) is 1. The van der Waals surface area contributed by atoms with Gasteiger partial charge in [-0.25, -0.2) is 9.97 Å². The van der Waals surface area contributed by atoms with E-state index in [1.165, 1.54) is 0 Å². The molecule has 2 amide bonds. The monoisotopic (exact) mass is 417 g/mol. The minimum absolute atomic E-state index is 0.00460. The first-order chi connectivity index (χ1) is 14.1. The Morgan fingerprint density at radius 3 is 2.80 bits per heavy atom. The third-order valence-electron chi connectivity index (χ3n) is 4.44. The molecule has 30 heavy (non-hydrogen) atoms. The molecule has 2 heterocycles. The molecule has 0 unspecified atom stereocenters. The summed E-state index contributed by atoms with van der Waals surface area (Å²) in [7, 11) is 1.71. The summed E-state index contributed by atoms with van der Waals surface area (Å²) >= 11 is 0. The first-order valence-electron chi connectivity index (χ1n) is 8.98. The van der Waals surface area contributed by atoms with Crippen LogP contribution >= 0.6 is 0 Å². The van der Waals surface area contributed by atoms with Gasteiger partial charge in [-0.15, -0.1) is 0 Å². The third kappa shape index (κ3) is 5.05. The largest absolute Gasteiger partial charge is 0.405 e. The molecule has 1 aromatic heterocycles. The Hall–Kier alpha value is -3.61. The average Bonchev–Trinajstić information content (AvgIpc) is 3.02. The molecule has 3 rings (SSSR count). The fourth-order valence-corrected chi connectivity index (χ4v) is 2.92. The first-order valence-corrected chi connectivity index (χ1v) is 8.98. The summed E-state index contributed by atoms with van der Waals surface area (Å²) in [6, 6.07) is 6.59. The third-order valence-corrected chi connectivity index (χ3v) is 4.44. The lowest BCUT2D eigenvalue weighted by molar-refractivity contribution is -0.128. The number of anilines is 1. The highest BCUT2D eigenvalue weighted by atomic mass is 19.4. The summed E-state index contributed by atoms with van der Waals surface area (Å²) < 4.78 is 37.9. The fourth-order valence-electron chi connectivity index (χ4n) is 2.92. The number of primary amides is 1. The highest BCUT2D eigenvalue weighted by Crippen LogP contribution is 2.27. The van der Waals surface area contributed by atoms with Crippen LogP contribution in [-0.4, -0.2) is 53.0 Å². The zero-order valence-electron chi connectivity index (χ0n) is 16.0. The van der Waals surface area contributed by atoms with Crippen molar-refractivity contribution in [2.45, 2.75) is 12.6 Å². The van der Waals surface area contributed by atoms with E-state index in [1.54, 1.807) is 36.2 Å². The summed E-state index contributed by atoms with van der Waals surface area (Å²) in [4.78, 5) is 32.7. The molecular weight excluding hydrogens is 399 g/mol. The van der Waals surface area contributed by atoms with Crippen LogP contribution in [0.25, 0.3) is 11.3 Å². The number of nitrogens with two attached hydrogens (primary N) is 1. The van der Waals surface area contributed by atoms with Crippen molar-refractivity contribution in [3.8, 4) is 23.1 Å².